The maximum atomic E-state index is 11.3. The first-order valence-corrected chi connectivity index (χ1v) is 5.69. The van der Waals surface area contributed by atoms with E-state index in [1.807, 2.05) is 0 Å². The van der Waals surface area contributed by atoms with Crippen LogP contribution in [0.2, 0.25) is 0 Å². The standard InChI is InChI=1S/C11H21NO3/c1-9-3-2-4-10(7-9)15-11(13)8-14-6-5-12/h9-10H,2-8,12H2,1H3. The number of hydrogen-bond donors (Lipinski definition) is 1. The van der Waals surface area contributed by atoms with E-state index in [0.29, 0.717) is 19.1 Å². The van der Waals surface area contributed by atoms with Gasteiger partial charge in [0.25, 0.3) is 0 Å². The van der Waals surface area contributed by atoms with Crippen molar-refractivity contribution in [2.24, 2.45) is 11.7 Å². The van der Waals surface area contributed by atoms with Gasteiger partial charge in [-0.1, -0.05) is 13.3 Å². The lowest BCUT2D eigenvalue weighted by atomic mass is 9.89. The fourth-order valence-corrected chi connectivity index (χ4v) is 1.94. The van der Waals surface area contributed by atoms with Crippen molar-refractivity contribution in [2.75, 3.05) is 19.8 Å². The average molecular weight is 215 g/mol. The van der Waals surface area contributed by atoms with Gasteiger partial charge in [0.05, 0.1) is 6.61 Å². The molecule has 2 atom stereocenters. The summed E-state index contributed by atoms with van der Waals surface area (Å²) in [6, 6.07) is 0. The minimum Gasteiger partial charge on any atom is -0.461 e. The summed E-state index contributed by atoms with van der Waals surface area (Å²) in [6.07, 6.45) is 4.48. The molecule has 0 heterocycles. The highest BCUT2D eigenvalue weighted by molar-refractivity contribution is 5.70. The first-order valence-electron chi connectivity index (χ1n) is 5.69. The van der Waals surface area contributed by atoms with E-state index < -0.39 is 0 Å². The summed E-state index contributed by atoms with van der Waals surface area (Å²) in [6.45, 7) is 3.08. The molecule has 0 amide bonds. The number of rotatable bonds is 5. The zero-order valence-corrected chi connectivity index (χ0v) is 9.41. The van der Waals surface area contributed by atoms with E-state index in [1.165, 1.54) is 6.42 Å². The van der Waals surface area contributed by atoms with Crippen LogP contribution in [0, 0.1) is 5.92 Å². The minimum absolute atomic E-state index is 0.0298. The smallest absolute Gasteiger partial charge is 0.332 e. The lowest BCUT2D eigenvalue weighted by Crippen LogP contribution is -2.27. The van der Waals surface area contributed by atoms with Crippen molar-refractivity contribution >= 4 is 5.97 Å². The molecule has 0 radical (unpaired) electrons. The van der Waals surface area contributed by atoms with Crippen LogP contribution in [-0.4, -0.2) is 31.8 Å². The van der Waals surface area contributed by atoms with Crippen molar-refractivity contribution in [3.63, 3.8) is 0 Å². The Bertz CT molecular complexity index is 196. The number of carbonyl (C=O) groups is 1. The van der Waals surface area contributed by atoms with Crippen LogP contribution < -0.4 is 5.73 Å². The number of nitrogens with two attached hydrogens (primary N) is 1. The van der Waals surface area contributed by atoms with Gasteiger partial charge in [-0.25, -0.2) is 4.79 Å². The highest BCUT2D eigenvalue weighted by Crippen LogP contribution is 2.25. The summed E-state index contributed by atoms with van der Waals surface area (Å²) in [5, 5.41) is 0. The van der Waals surface area contributed by atoms with Gasteiger partial charge in [-0.2, -0.15) is 0 Å². The summed E-state index contributed by atoms with van der Waals surface area (Å²) >= 11 is 0. The lowest BCUT2D eigenvalue weighted by molar-refractivity contribution is -0.156. The van der Waals surface area contributed by atoms with E-state index in [-0.39, 0.29) is 18.7 Å². The van der Waals surface area contributed by atoms with Crippen LogP contribution in [0.25, 0.3) is 0 Å². The van der Waals surface area contributed by atoms with Gasteiger partial charge in [-0.15, -0.1) is 0 Å². The molecule has 4 heteroatoms. The van der Waals surface area contributed by atoms with Crippen LogP contribution in [0.15, 0.2) is 0 Å². The molecule has 0 bridgehead atoms. The molecular formula is C11H21NO3. The molecule has 0 aromatic rings. The van der Waals surface area contributed by atoms with Crippen molar-refractivity contribution in [3.05, 3.63) is 0 Å². The molecule has 88 valence electrons. The summed E-state index contributed by atoms with van der Waals surface area (Å²) in [5.41, 5.74) is 5.24. The molecule has 0 aromatic carbocycles. The van der Waals surface area contributed by atoms with Crippen molar-refractivity contribution in [1.82, 2.24) is 0 Å². The van der Waals surface area contributed by atoms with Gasteiger partial charge in [-0.05, 0) is 25.2 Å². The fraction of sp³-hybridized carbons (Fsp3) is 0.909. The molecule has 1 rings (SSSR count). The first kappa shape index (κ1) is 12.5. The lowest BCUT2D eigenvalue weighted by Gasteiger charge is -2.26. The Labute approximate surface area is 91.1 Å². The zero-order chi connectivity index (χ0) is 11.1. The molecule has 1 fully saturated rings. The van der Waals surface area contributed by atoms with E-state index >= 15 is 0 Å². The molecule has 0 aromatic heterocycles. The third kappa shape index (κ3) is 5.14. The minimum atomic E-state index is -0.262. The summed E-state index contributed by atoms with van der Waals surface area (Å²) in [5.74, 6) is 0.407. The molecule has 2 N–H and O–H groups in total. The Morgan fingerprint density at radius 1 is 1.47 bits per heavy atom. The monoisotopic (exact) mass is 215 g/mol. The van der Waals surface area contributed by atoms with Crippen molar-refractivity contribution in [1.29, 1.82) is 0 Å². The van der Waals surface area contributed by atoms with Gasteiger partial charge in [-0.3, -0.25) is 0 Å². The Kier molecular flexibility index (Phi) is 5.65. The summed E-state index contributed by atoms with van der Waals surface area (Å²) in [7, 11) is 0. The average Bonchev–Trinajstić information content (AvgIpc) is 2.18. The Hall–Kier alpha value is -0.610. The van der Waals surface area contributed by atoms with Gasteiger partial charge < -0.3 is 15.2 Å². The molecule has 0 spiro atoms. The molecule has 0 saturated heterocycles. The summed E-state index contributed by atoms with van der Waals surface area (Å²) in [4.78, 5) is 11.3. The molecule has 1 aliphatic rings. The highest BCUT2D eigenvalue weighted by atomic mass is 16.6. The third-order valence-corrected chi connectivity index (χ3v) is 2.67. The van der Waals surface area contributed by atoms with E-state index in [2.05, 4.69) is 6.92 Å². The Morgan fingerprint density at radius 2 is 2.27 bits per heavy atom. The van der Waals surface area contributed by atoms with E-state index in [4.69, 9.17) is 15.2 Å². The van der Waals surface area contributed by atoms with E-state index in [1.54, 1.807) is 0 Å². The Morgan fingerprint density at radius 3 is 2.93 bits per heavy atom. The fourth-order valence-electron chi connectivity index (χ4n) is 1.94. The number of ether oxygens (including phenoxy) is 2. The van der Waals surface area contributed by atoms with Gasteiger partial charge in [0, 0.05) is 6.54 Å². The van der Waals surface area contributed by atoms with Gasteiger partial charge in [0.15, 0.2) is 0 Å². The second-order valence-electron chi connectivity index (χ2n) is 4.22. The topological polar surface area (TPSA) is 61.5 Å². The maximum Gasteiger partial charge on any atom is 0.332 e. The number of carbonyl (C=O) groups excluding carboxylic acids is 1. The molecule has 15 heavy (non-hydrogen) atoms. The van der Waals surface area contributed by atoms with Crippen LogP contribution in [0.4, 0.5) is 0 Å². The van der Waals surface area contributed by atoms with Crippen LogP contribution in [-0.2, 0) is 14.3 Å². The third-order valence-electron chi connectivity index (χ3n) is 2.67. The predicted molar refractivity (Wildman–Crippen MR) is 57.4 cm³/mol. The molecular weight excluding hydrogens is 194 g/mol. The molecule has 0 aliphatic heterocycles. The van der Waals surface area contributed by atoms with Crippen LogP contribution in [0.1, 0.15) is 32.6 Å². The highest BCUT2D eigenvalue weighted by Gasteiger charge is 2.21. The van der Waals surface area contributed by atoms with Crippen molar-refractivity contribution in [3.8, 4) is 0 Å². The van der Waals surface area contributed by atoms with Gasteiger partial charge in [0.1, 0.15) is 12.7 Å². The van der Waals surface area contributed by atoms with E-state index in [0.717, 1.165) is 19.3 Å². The SMILES string of the molecule is CC1CCCC(OC(=O)COCCN)C1. The van der Waals surface area contributed by atoms with Crippen molar-refractivity contribution < 1.29 is 14.3 Å². The van der Waals surface area contributed by atoms with Gasteiger partial charge in [0.2, 0.25) is 0 Å². The Balaban J connectivity index is 2.13. The summed E-state index contributed by atoms with van der Waals surface area (Å²) < 4.78 is 10.3. The second-order valence-corrected chi connectivity index (χ2v) is 4.22. The number of hydrogen-bond acceptors (Lipinski definition) is 4. The number of esters is 1. The first-order chi connectivity index (χ1) is 7.22. The molecule has 4 nitrogen and oxygen atoms in total. The quantitative estimate of drug-likeness (QED) is 0.550. The van der Waals surface area contributed by atoms with Crippen LogP contribution in [0.3, 0.4) is 0 Å². The molecule has 1 saturated carbocycles. The van der Waals surface area contributed by atoms with E-state index in [9.17, 15) is 4.79 Å². The molecule has 1 aliphatic carbocycles. The molecule has 2 unspecified atom stereocenters. The van der Waals surface area contributed by atoms with Crippen LogP contribution in [0.5, 0.6) is 0 Å². The second kappa shape index (κ2) is 6.80. The zero-order valence-electron chi connectivity index (χ0n) is 9.41. The largest absolute Gasteiger partial charge is 0.461 e. The normalized spacial score (nSPS) is 26.3. The predicted octanol–water partition coefficient (Wildman–Crippen LogP) is 1.08. The van der Waals surface area contributed by atoms with Gasteiger partial charge >= 0.3 is 5.97 Å². The van der Waals surface area contributed by atoms with Crippen molar-refractivity contribution in [2.45, 2.75) is 38.7 Å². The van der Waals surface area contributed by atoms with Crippen LogP contribution >= 0.6 is 0 Å². The maximum absolute atomic E-state index is 11.3.